The standard InChI is InChI=1S/C11H19OSe/c1-11(2,3)9-6-4-8(5-7-9)10(12)13/h8-9H,4-7H2,1-3H3. The van der Waals surface area contributed by atoms with Gasteiger partial charge in [-0.05, 0) is 0 Å². The molecule has 1 aliphatic rings. The fourth-order valence-corrected chi connectivity index (χ4v) is 2.69. The normalized spacial score (nSPS) is 30.1. The summed E-state index contributed by atoms with van der Waals surface area (Å²) in [4.78, 5) is 11.1. The van der Waals surface area contributed by atoms with Crippen LogP contribution in [0.2, 0.25) is 0 Å². The summed E-state index contributed by atoms with van der Waals surface area (Å²) >= 11 is 2.62. The van der Waals surface area contributed by atoms with Gasteiger partial charge in [-0.2, -0.15) is 0 Å². The van der Waals surface area contributed by atoms with E-state index in [0.717, 1.165) is 18.8 Å². The van der Waals surface area contributed by atoms with Gasteiger partial charge in [-0.3, -0.25) is 0 Å². The Balaban J connectivity index is 2.44. The van der Waals surface area contributed by atoms with Crippen LogP contribution in [0.25, 0.3) is 0 Å². The van der Waals surface area contributed by atoms with Crippen LogP contribution in [0, 0.1) is 17.3 Å². The molecule has 0 aromatic rings. The number of carbonyl (C=O) groups is 1. The Labute approximate surface area is 89.5 Å². The summed E-state index contributed by atoms with van der Waals surface area (Å²) in [6.07, 6.45) is 4.63. The molecular formula is C11H19OSe. The summed E-state index contributed by atoms with van der Waals surface area (Å²) in [5, 5.41) is 0. The summed E-state index contributed by atoms with van der Waals surface area (Å²) in [6.45, 7) is 6.91. The van der Waals surface area contributed by atoms with Gasteiger partial charge in [0.1, 0.15) is 0 Å². The molecule has 0 heterocycles. The molecule has 0 spiro atoms. The second-order valence-electron chi connectivity index (χ2n) is 5.23. The van der Waals surface area contributed by atoms with Crippen molar-refractivity contribution in [3.05, 3.63) is 0 Å². The average Bonchev–Trinajstić information content (AvgIpc) is 2.03. The van der Waals surface area contributed by atoms with Gasteiger partial charge in [-0.25, -0.2) is 0 Å². The van der Waals surface area contributed by atoms with Crippen LogP contribution in [0.5, 0.6) is 0 Å². The van der Waals surface area contributed by atoms with Crippen LogP contribution in [0.3, 0.4) is 0 Å². The van der Waals surface area contributed by atoms with E-state index >= 15 is 0 Å². The molecule has 0 bridgehead atoms. The average molecular weight is 246 g/mol. The Morgan fingerprint density at radius 1 is 1.15 bits per heavy atom. The van der Waals surface area contributed by atoms with Gasteiger partial charge < -0.3 is 0 Å². The second-order valence-corrected chi connectivity index (χ2v) is 6.08. The molecule has 0 unspecified atom stereocenters. The Morgan fingerprint density at radius 3 is 1.92 bits per heavy atom. The maximum atomic E-state index is 11.1. The van der Waals surface area contributed by atoms with Crippen molar-refractivity contribution in [2.75, 3.05) is 0 Å². The van der Waals surface area contributed by atoms with Gasteiger partial charge in [0.15, 0.2) is 0 Å². The predicted octanol–water partition coefficient (Wildman–Crippen LogP) is 2.53. The Kier molecular flexibility index (Phi) is 3.59. The SMILES string of the molecule is CC(C)(C)C1CCC(C(=O)[Se])CC1. The van der Waals surface area contributed by atoms with E-state index in [4.69, 9.17) is 0 Å². The third-order valence-electron chi connectivity index (χ3n) is 3.29. The molecule has 13 heavy (non-hydrogen) atoms. The van der Waals surface area contributed by atoms with Crippen LogP contribution in [0.15, 0.2) is 0 Å². The van der Waals surface area contributed by atoms with Gasteiger partial charge in [0.05, 0.1) is 0 Å². The third kappa shape index (κ3) is 3.10. The van der Waals surface area contributed by atoms with Crippen LogP contribution < -0.4 is 0 Å². The zero-order valence-electron chi connectivity index (χ0n) is 8.80. The van der Waals surface area contributed by atoms with Crippen molar-refractivity contribution in [3.8, 4) is 0 Å². The Bertz CT molecular complexity index is 185. The molecule has 1 radical (unpaired) electrons. The van der Waals surface area contributed by atoms with Crippen molar-refractivity contribution < 1.29 is 4.79 Å². The second kappa shape index (κ2) is 4.14. The van der Waals surface area contributed by atoms with Crippen molar-refractivity contribution >= 4 is 20.7 Å². The molecule has 0 aromatic carbocycles. The van der Waals surface area contributed by atoms with Crippen molar-refractivity contribution in [3.63, 3.8) is 0 Å². The van der Waals surface area contributed by atoms with Gasteiger partial charge in [-0.1, -0.05) is 0 Å². The first-order chi connectivity index (χ1) is 5.91. The number of hydrogen-bond acceptors (Lipinski definition) is 1. The molecule has 1 rings (SSSR count). The van der Waals surface area contributed by atoms with Gasteiger partial charge in [0.2, 0.25) is 0 Å². The zero-order chi connectivity index (χ0) is 10.1. The van der Waals surface area contributed by atoms with E-state index in [9.17, 15) is 4.79 Å². The first-order valence-corrected chi connectivity index (χ1v) is 5.98. The Hall–Kier alpha value is 0.189. The van der Waals surface area contributed by atoms with Gasteiger partial charge in [-0.15, -0.1) is 0 Å². The molecule has 0 atom stereocenters. The van der Waals surface area contributed by atoms with Gasteiger partial charge in [0.25, 0.3) is 0 Å². The van der Waals surface area contributed by atoms with Crippen LogP contribution >= 0.6 is 0 Å². The van der Waals surface area contributed by atoms with Crippen molar-refractivity contribution in [2.24, 2.45) is 17.3 Å². The van der Waals surface area contributed by atoms with Crippen LogP contribution in [-0.4, -0.2) is 20.7 Å². The molecule has 1 fully saturated rings. The summed E-state index contributed by atoms with van der Waals surface area (Å²) < 4.78 is 0.271. The van der Waals surface area contributed by atoms with Crippen LogP contribution in [-0.2, 0) is 4.79 Å². The van der Waals surface area contributed by atoms with E-state index in [1.165, 1.54) is 12.8 Å². The summed E-state index contributed by atoms with van der Waals surface area (Å²) in [6, 6.07) is 0. The number of hydrogen-bond donors (Lipinski definition) is 0. The Morgan fingerprint density at radius 2 is 1.62 bits per heavy atom. The molecule has 0 aromatic heterocycles. The van der Waals surface area contributed by atoms with Crippen molar-refractivity contribution in [1.82, 2.24) is 0 Å². The molecule has 0 saturated heterocycles. The van der Waals surface area contributed by atoms with E-state index in [1.54, 1.807) is 0 Å². The first kappa shape index (κ1) is 11.3. The third-order valence-corrected chi connectivity index (χ3v) is 3.98. The minimum atomic E-state index is 0.271. The number of rotatable bonds is 1. The maximum absolute atomic E-state index is 11.1. The predicted molar refractivity (Wildman–Crippen MR) is 55.7 cm³/mol. The monoisotopic (exact) mass is 247 g/mol. The molecule has 0 amide bonds. The summed E-state index contributed by atoms with van der Waals surface area (Å²) in [5.41, 5.74) is 0.422. The fourth-order valence-electron chi connectivity index (χ4n) is 2.20. The molecule has 1 aliphatic carbocycles. The quantitative estimate of drug-likeness (QED) is 0.650. The van der Waals surface area contributed by atoms with E-state index in [2.05, 4.69) is 36.8 Å². The van der Waals surface area contributed by atoms with Crippen LogP contribution in [0.4, 0.5) is 0 Å². The molecule has 2 heteroatoms. The topological polar surface area (TPSA) is 17.1 Å². The molecule has 1 saturated carbocycles. The van der Waals surface area contributed by atoms with E-state index in [1.807, 2.05) is 0 Å². The summed E-state index contributed by atoms with van der Waals surface area (Å²) in [5.74, 6) is 1.13. The van der Waals surface area contributed by atoms with Crippen molar-refractivity contribution in [2.45, 2.75) is 46.5 Å². The molecule has 0 aliphatic heterocycles. The first-order valence-electron chi connectivity index (χ1n) is 5.12. The fraction of sp³-hybridized carbons (Fsp3) is 0.909. The summed E-state index contributed by atoms with van der Waals surface area (Å²) in [7, 11) is 0. The molecular weight excluding hydrogens is 227 g/mol. The zero-order valence-corrected chi connectivity index (χ0v) is 10.5. The van der Waals surface area contributed by atoms with E-state index in [0.29, 0.717) is 11.3 Å². The molecule has 0 N–H and O–H groups in total. The van der Waals surface area contributed by atoms with E-state index < -0.39 is 0 Å². The minimum absolute atomic E-state index is 0.271. The van der Waals surface area contributed by atoms with Gasteiger partial charge in [0, 0.05) is 0 Å². The molecule has 75 valence electrons. The molecule has 1 nitrogen and oxygen atoms in total. The van der Waals surface area contributed by atoms with E-state index in [-0.39, 0.29) is 4.68 Å². The van der Waals surface area contributed by atoms with Crippen LogP contribution in [0.1, 0.15) is 46.5 Å². The number of carbonyl (C=O) groups excluding carboxylic acids is 1. The van der Waals surface area contributed by atoms with Crippen molar-refractivity contribution in [1.29, 1.82) is 0 Å². The van der Waals surface area contributed by atoms with Gasteiger partial charge >= 0.3 is 89.2 Å².